The van der Waals surface area contributed by atoms with Crippen LogP contribution in [0.2, 0.25) is 5.02 Å². The fraction of sp³-hybridized carbons (Fsp3) is 0.500. The number of halogens is 1. The minimum Gasteiger partial charge on any atom is -0.480 e. The minimum atomic E-state index is -1.12. The molecule has 1 aromatic carbocycles. The van der Waals surface area contributed by atoms with Gasteiger partial charge in [-0.05, 0) is 30.5 Å². The lowest BCUT2D eigenvalue weighted by molar-refractivity contribution is -0.144. The highest BCUT2D eigenvalue weighted by atomic mass is 35.5. The lowest BCUT2D eigenvalue weighted by Gasteiger charge is -2.32. The molecule has 0 aliphatic carbocycles. The van der Waals surface area contributed by atoms with Crippen LogP contribution in [0.4, 0.5) is 0 Å². The summed E-state index contributed by atoms with van der Waals surface area (Å²) in [7, 11) is 1.40. The second-order valence-corrected chi connectivity index (χ2v) is 5.55. The Morgan fingerprint density at radius 2 is 1.82 bits per heavy atom. The molecule has 0 aromatic heterocycles. The third-order valence-electron chi connectivity index (χ3n) is 3.98. The Bertz CT molecular complexity index is 511. The minimum absolute atomic E-state index is 0.0782. The molecule has 0 aliphatic rings. The summed E-state index contributed by atoms with van der Waals surface area (Å²) in [5.74, 6) is -1.43. The van der Waals surface area contributed by atoms with E-state index in [0.29, 0.717) is 17.9 Å². The fourth-order valence-corrected chi connectivity index (χ4v) is 2.64. The van der Waals surface area contributed by atoms with Gasteiger partial charge in [0.15, 0.2) is 6.04 Å². The van der Waals surface area contributed by atoms with Gasteiger partial charge in [-0.1, -0.05) is 37.6 Å². The van der Waals surface area contributed by atoms with Gasteiger partial charge in [0, 0.05) is 12.1 Å². The third kappa shape index (κ3) is 3.99. The van der Waals surface area contributed by atoms with Gasteiger partial charge in [0.05, 0.1) is 12.0 Å². The normalized spacial score (nSPS) is 12.7. The molecule has 0 fully saturated rings. The van der Waals surface area contributed by atoms with Gasteiger partial charge in [0.2, 0.25) is 5.91 Å². The first-order valence-electron chi connectivity index (χ1n) is 7.20. The van der Waals surface area contributed by atoms with Crippen LogP contribution in [0, 0.1) is 0 Å². The molecular weight excluding hydrogens is 306 g/mol. The molecular formula is C16H22ClNO4. The molecule has 0 spiro atoms. The van der Waals surface area contributed by atoms with E-state index >= 15 is 0 Å². The van der Waals surface area contributed by atoms with Crippen LogP contribution in [0.25, 0.3) is 0 Å². The summed E-state index contributed by atoms with van der Waals surface area (Å²) in [6, 6.07) is 6.01. The number of aliphatic carboxylic acids is 1. The number of hydrogen-bond acceptors (Lipinski definition) is 3. The molecule has 1 atom stereocenters. The first-order chi connectivity index (χ1) is 10.4. The monoisotopic (exact) mass is 327 g/mol. The van der Waals surface area contributed by atoms with Gasteiger partial charge >= 0.3 is 5.97 Å². The largest absolute Gasteiger partial charge is 0.480 e. The zero-order valence-electron chi connectivity index (χ0n) is 13.1. The Morgan fingerprint density at radius 1 is 1.27 bits per heavy atom. The Labute approximate surface area is 135 Å². The second-order valence-electron chi connectivity index (χ2n) is 5.12. The van der Waals surface area contributed by atoms with E-state index in [1.165, 1.54) is 7.11 Å². The number of rotatable bonds is 8. The van der Waals surface area contributed by atoms with Crippen molar-refractivity contribution in [2.24, 2.45) is 0 Å². The second kappa shape index (κ2) is 8.15. The molecule has 2 N–H and O–H groups in total. The van der Waals surface area contributed by atoms with E-state index in [2.05, 4.69) is 5.32 Å². The predicted octanol–water partition coefficient (Wildman–Crippen LogP) is 2.61. The smallest absolute Gasteiger partial charge is 0.328 e. The molecule has 5 nitrogen and oxygen atoms in total. The van der Waals surface area contributed by atoms with E-state index in [0.717, 1.165) is 5.56 Å². The van der Waals surface area contributed by atoms with Gasteiger partial charge < -0.3 is 15.2 Å². The topological polar surface area (TPSA) is 75.6 Å². The van der Waals surface area contributed by atoms with Crippen molar-refractivity contribution in [3.05, 3.63) is 34.9 Å². The molecule has 0 saturated heterocycles. The predicted molar refractivity (Wildman–Crippen MR) is 85.2 cm³/mol. The molecule has 1 amide bonds. The van der Waals surface area contributed by atoms with E-state index in [9.17, 15) is 9.59 Å². The highest BCUT2D eigenvalue weighted by Gasteiger charge is 2.38. The first-order valence-corrected chi connectivity index (χ1v) is 7.57. The van der Waals surface area contributed by atoms with Crippen molar-refractivity contribution in [3.63, 3.8) is 0 Å². The van der Waals surface area contributed by atoms with E-state index in [1.807, 2.05) is 13.8 Å². The number of carboxylic acids is 1. The van der Waals surface area contributed by atoms with Crippen molar-refractivity contribution in [2.75, 3.05) is 13.7 Å². The molecule has 0 saturated carbocycles. The highest BCUT2D eigenvalue weighted by molar-refractivity contribution is 6.30. The van der Waals surface area contributed by atoms with Gasteiger partial charge in [-0.2, -0.15) is 0 Å². The Morgan fingerprint density at radius 3 is 2.23 bits per heavy atom. The summed E-state index contributed by atoms with van der Waals surface area (Å²) < 4.78 is 4.85. The fourth-order valence-electron chi connectivity index (χ4n) is 2.52. The van der Waals surface area contributed by atoms with Crippen LogP contribution in [-0.2, 0) is 19.7 Å². The maximum absolute atomic E-state index is 12.7. The van der Waals surface area contributed by atoms with Crippen LogP contribution in [0.15, 0.2) is 24.3 Å². The van der Waals surface area contributed by atoms with Gasteiger partial charge in [-0.15, -0.1) is 0 Å². The summed E-state index contributed by atoms with van der Waals surface area (Å²) in [6.07, 6.45) is 1.10. The van der Waals surface area contributed by atoms with Gasteiger partial charge in [-0.3, -0.25) is 4.79 Å². The molecule has 1 aromatic rings. The average molecular weight is 328 g/mol. The van der Waals surface area contributed by atoms with Crippen LogP contribution in [0.3, 0.4) is 0 Å². The number of hydrogen-bond donors (Lipinski definition) is 2. The average Bonchev–Trinajstić information content (AvgIpc) is 2.50. The molecule has 1 unspecified atom stereocenters. The summed E-state index contributed by atoms with van der Waals surface area (Å²) in [4.78, 5) is 23.9. The number of ether oxygens (including phenoxy) is 1. The standard InChI is InChI=1S/C16H22ClNO4/c1-4-16(5-2,11-6-8-12(17)9-7-11)15(21)18-13(10-22-3)14(19)20/h6-9,13H,4-5,10H2,1-3H3,(H,18,21)(H,19,20). The number of amides is 1. The summed E-state index contributed by atoms with van der Waals surface area (Å²) in [5.41, 5.74) is 0.0346. The maximum Gasteiger partial charge on any atom is 0.328 e. The number of benzene rings is 1. The van der Waals surface area contributed by atoms with Crippen molar-refractivity contribution in [2.45, 2.75) is 38.1 Å². The molecule has 0 heterocycles. The van der Waals surface area contributed by atoms with Crippen LogP contribution in [0.1, 0.15) is 32.3 Å². The Balaban J connectivity index is 3.10. The third-order valence-corrected chi connectivity index (χ3v) is 4.23. The summed E-state index contributed by atoms with van der Waals surface area (Å²) >= 11 is 5.90. The zero-order chi connectivity index (χ0) is 16.8. The molecule has 6 heteroatoms. The Kier molecular flexibility index (Phi) is 6.84. The van der Waals surface area contributed by atoms with Crippen LogP contribution in [-0.4, -0.2) is 36.7 Å². The van der Waals surface area contributed by atoms with Gasteiger partial charge in [0.25, 0.3) is 0 Å². The number of carboxylic acid groups (broad SMARTS) is 1. The van der Waals surface area contributed by atoms with Crippen LogP contribution < -0.4 is 5.32 Å². The van der Waals surface area contributed by atoms with Crippen molar-refractivity contribution >= 4 is 23.5 Å². The highest BCUT2D eigenvalue weighted by Crippen LogP contribution is 2.33. The van der Waals surface area contributed by atoms with Gasteiger partial charge in [0.1, 0.15) is 0 Å². The van der Waals surface area contributed by atoms with E-state index < -0.39 is 17.4 Å². The Hall–Kier alpha value is -1.59. The lowest BCUT2D eigenvalue weighted by Crippen LogP contribution is -2.52. The van der Waals surface area contributed by atoms with Crippen molar-refractivity contribution in [1.29, 1.82) is 0 Å². The van der Waals surface area contributed by atoms with E-state index in [-0.39, 0.29) is 12.5 Å². The quantitative estimate of drug-likeness (QED) is 0.769. The SMILES string of the molecule is CCC(CC)(C(=O)NC(COC)C(=O)O)c1ccc(Cl)cc1. The molecule has 0 aliphatic heterocycles. The number of methoxy groups -OCH3 is 1. The molecule has 1 rings (SSSR count). The summed E-state index contributed by atoms with van der Waals surface area (Å²) in [5, 5.41) is 12.3. The van der Waals surface area contributed by atoms with Gasteiger partial charge in [-0.25, -0.2) is 4.79 Å². The van der Waals surface area contributed by atoms with Crippen molar-refractivity contribution < 1.29 is 19.4 Å². The molecule has 122 valence electrons. The van der Waals surface area contributed by atoms with Crippen LogP contribution in [0.5, 0.6) is 0 Å². The van der Waals surface area contributed by atoms with Crippen molar-refractivity contribution in [3.8, 4) is 0 Å². The molecule has 22 heavy (non-hydrogen) atoms. The van der Waals surface area contributed by atoms with Crippen LogP contribution >= 0.6 is 11.6 Å². The first kappa shape index (κ1) is 18.5. The number of carbonyl (C=O) groups excluding carboxylic acids is 1. The maximum atomic E-state index is 12.7. The van der Waals surface area contributed by atoms with E-state index in [4.69, 9.17) is 21.4 Å². The number of carbonyl (C=O) groups is 2. The number of nitrogens with one attached hydrogen (secondary N) is 1. The zero-order valence-corrected chi connectivity index (χ0v) is 13.8. The van der Waals surface area contributed by atoms with E-state index in [1.54, 1.807) is 24.3 Å². The lowest BCUT2D eigenvalue weighted by atomic mass is 9.75. The summed E-state index contributed by atoms with van der Waals surface area (Å²) in [6.45, 7) is 3.73. The molecule has 0 bridgehead atoms. The molecule has 0 radical (unpaired) electrons. The van der Waals surface area contributed by atoms with Crippen molar-refractivity contribution in [1.82, 2.24) is 5.32 Å².